The first-order chi connectivity index (χ1) is 10.7. The summed E-state index contributed by atoms with van der Waals surface area (Å²) in [4.78, 5) is 15.2. The summed E-state index contributed by atoms with van der Waals surface area (Å²) in [5.41, 5.74) is 1.34. The van der Waals surface area contributed by atoms with Crippen molar-refractivity contribution < 1.29 is 9.53 Å². The molecule has 1 N–H and O–H groups in total. The molecule has 0 unspecified atom stereocenters. The molecule has 22 heavy (non-hydrogen) atoms. The van der Waals surface area contributed by atoms with Crippen LogP contribution in [0.15, 0.2) is 30.5 Å². The molecule has 0 aromatic carbocycles. The lowest BCUT2D eigenvalue weighted by molar-refractivity contribution is 0.0593. The summed E-state index contributed by atoms with van der Waals surface area (Å²) in [5.74, 6) is 1.91. The molecule has 2 heterocycles. The summed E-state index contributed by atoms with van der Waals surface area (Å²) in [5, 5.41) is 11.4. The van der Waals surface area contributed by atoms with E-state index in [-0.39, 0.29) is 5.69 Å². The molecule has 2 rings (SSSR count). The molecule has 0 aliphatic carbocycles. The summed E-state index contributed by atoms with van der Waals surface area (Å²) in [7, 11) is 1.31. The summed E-state index contributed by atoms with van der Waals surface area (Å²) < 4.78 is 4.56. The number of carbonyl (C=O) groups is 1. The molecule has 0 aliphatic heterocycles. The average Bonchev–Trinajstić information content (AvgIpc) is 2.54. The van der Waals surface area contributed by atoms with Gasteiger partial charge >= 0.3 is 5.97 Å². The van der Waals surface area contributed by atoms with Gasteiger partial charge in [0.25, 0.3) is 0 Å². The molecule has 0 saturated carbocycles. The van der Waals surface area contributed by atoms with Gasteiger partial charge in [0.05, 0.1) is 7.11 Å². The van der Waals surface area contributed by atoms with Crippen molar-refractivity contribution in [1.82, 2.24) is 15.2 Å². The maximum Gasteiger partial charge on any atom is 0.358 e. The molecule has 0 atom stereocenters. The molecule has 0 amide bonds. The molecule has 2 aromatic rings. The number of halogens is 1. The van der Waals surface area contributed by atoms with Crippen molar-refractivity contribution in [2.75, 3.05) is 24.7 Å². The van der Waals surface area contributed by atoms with E-state index in [9.17, 15) is 4.79 Å². The molecule has 0 radical (unpaired) electrons. The Hall–Kier alpha value is -1.86. The van der Waals surface area contributed by atoms with E-state index in [0.717, 1.165) is 23.6 Å². The molecular formula is C14H15ClN4O2S. The summed E-state index contributed by atoms with van der Waals surface area (Å²) in [6.45, 7) is 0.746. The Bertz CT molecular complexity index is 624. The second kappa shape index (κ2) is 8.55. The number of ether oxygens (including phenoxy) is 1. The zero-order valence-electron chi connectivity index (χ0n) is 12.0. The Morgan fingerprint density at radius 2 is 2.23 bits per heavy atom. The van der Waals surface area contributed by atoms with Crippen molar-refractivity contribution in [1.29, 1.82) is 0 Å². The molecule has 116 valence electrons. The third-order valence-electron chi connectivity index (χ3n) is 2.67. The minimum atomic E-state index is -0.495. The number of nitrogens with one attached hydrogen (secondary N) is 1. The highest BCUT2D eigenvalue weighted by molar-refractivity contribution is 7.98. The van der Waals surface area contributed by atoms with Crippen LogP contribution < -0.4 is 5.32 Å². The quantitative estimate of drug-likeness (QED) is 0.472. The largest absolute Gasteiger partial charge is 0.464 e. The van der Waals surface area contributed by atoms with Crippen molar-refractivity contribution >= 4 is 35.1 Å². The third-order valence-corrected chi connectivity index (χ3v) is 3.91. The predicted molar refractivity (Wildman–Crippen MR) is 87.3 cm³/mol. The Balaban J connectivity index is 1.69. The van der Waals surface area contributed by atoms with Crippen LogP contribution in [-0.4, -0.2) is 40.6 Å². The van der Waals surface area contributed by atoms with Gasteiger partial charge in [-0.25, -0.2) is 9.78 Å². The van der Waals surface area contributed by atoms with E-state index in [1.54, 1.807) is 30.1 Å². The minimum absolute atomic E-state index is 0.192. The fourth-order valence-electron chi connectivity index (χ4n) is 1.61. The number of rotatable bonds is 7. The van der Waals surface area contributed by atoms with Gasteiger partial charge in [0.1, 0.15) is 11.0 Å². The number of carbonyl (C=O) groups excluding carboxylic acids is 1. The van der Waals surface area contributed by atoms with Crippen LogP contribution in [0.5, 0.6) is 0 Å². The van der Waals surface area contributed by atoms with E-state index in [2.05, 4.69) is 25.2 Å². The van der Waals surface area contributed by atoms with Crippen molar-refractivity contribution in [2.24, 2.45) is 0 Å². The van der Waals surface area contributed by atoms with Crippen LogP contribution in [0.2, 0.25) is 5.15 Å². The number of methoxy groups -OCH3 is 1. The molecule has 0 spiro atoms. The van der Waals surface area contributed by atoms with E-state index in [1.807, 2.05) is 12.1 Å². The molecule has 8 heteroatoms. The van der Waals surface area contributed by atoms with E-state index in [1.165, 1.54) is 7.11 Å². The monoisotopic (exact) mass is 338 g/mol. The Morgan fingerprint density at radius 3 is 2.91 bits per heavy atom. The van der Waals surface area contributed by atoms with Gasteiger partial charge in [-0.1, -0.05) is 11.6 Å². The predicted octanol–water partition coefficient (Wildman–Crippen LogP) is 2.66. The van der Waals surface area contributed by atoms with Gasteiger partial charge in [0, 0.05) is 24.2 Å². The highest BCUT2D eigenvalue weighted by Crippen LogP contribution is 2.14. The number of nitrogens with zero attached hydrogens (tertiary/aromatic N) is 3. The summed E-state index contributed by atoms with van der Waals surface area (Å²) >= 11 is 7.60. The Morgan fingerprint density at radius 1 is 1.36 bits per heavy atom. The average molecular weight is 339 g/mol. The van der Waals surface area contributed by atoms with Crippen molar-refractivity contribution in [2.45, 2.75) is 5.75 Å². The van der Waals surface area contributed by atoms with Gasteiger partial charge in [-0.05, 0) is 29.8 Å². The van der Waals surface area contributed by atoms with Crippen LogP contribution in [-0.2, 0) is 10.5 Å². The van der Waals surface area contributed by atoms with Crippen LogP contribution in [0.1, 0.15) is 16.1 Å². The first-order valence-electron chi connectivity index (χ1n) is 6.53. The molecule has 0 aliphatic rings. The number of thioether (sulfide) groups is 1. The van der Waals surface area contributed by atoms with Crippen LogP contribution >= 0.6 is 23.4 Å². The minimum Gasteiger partial charge on any atom is -0.464 e. The summed E-state index contributed by atoms with van der Waals surface area (Å²) in [6.07, 6.45) is 1.70. The third kappa shape index (κ3) is 5.16. The van der Waals surface area contributed by atoms with Crippen LogP contribution in [0, 0.1) is 0 Å². The lowest BCUT2D eigenvalue weighted by Gasteiger charge is -2.05. The molecule has 0 bridgehead atoms. The van der Waals surface area contributed by atoms with Gasteiger partial charge in [-0.3, -0.25) is 0 Å². The van der Waals surface area contributed by atoms with Gasteiger partial charge < -0.3 is 10.1 Å². The first-order valence-corrected chi connectivity index (χ1v) is 8.06. The fraction of sp³-hybridized carbons (Fsp3) is 0.286. The van der Waals surface area contributed by atoms with Crippen molar-refractivity contribution in [3.63, 3.8) is 0 Å². The molecule has 0 saturated heterocycles. The fourth-order valence-corrected chi connectivity index (χ4v) is 2.62. The smallest absolute Gasteiger partial charge is 0.358 e. The molecule has 6 nitrogen and oxygen atoms in total. The van der Waals surface area contributed by atoms with Crippen molar-refractivity contribution in [3.05, 3.63) is 46.9 Å². The topological polar surface area (TPSA) is 77.0 Å². The summed E-state index contributed by atoms with van der Waals surface area (Å²) in [6, 6.07) is 7.09. The zero-order valence-corrected chi connectivity index (χ0v) is 13.5. The van der Waals surface area contributed by atoms with Crippen LogP contribution in [0.4, 0.5) is 5.82 Å². The van der Waals surface area contributed by atoms with E-state index >= 15 is 0 Å². The maximum absolute atomic E-state index is 11.2. The normalized spacial score (nSPS) is 10.3. The molecular weight excluding hydrogens is 324 g/mol. The number of pyridine rings is 1. The maximum atomic E-state index is 11.2. The lowest BCUT2D eigenvalue weighted by Crippen LogP contribution is -2.09. The van der Waals surface area contributed by atoms with Crippen molar-refractivity contribution in [3.8, 4) is 0 Å². The van der Waals surface area contributed by atoms with Gasteiger partial charge in [-0.2, -0.15) is 11.8 Å². The second-order valence-electron chi connectivity index (χ2n) is 4.26. The number of esters is 1. The second-order valence-corrected chi connectivity index (χ2v) is 5.75. The SMILES string of the molecule is COC(=O)c1ccc(NCCSCc2ccnc(Cl)c2)nn1. The first kappa shape index (κ1) is 16.5. The molecule has 2 aromatic heterocycles. The van der Waals surface area contributed by atoms with Gasteiger partial charge in [0.2, 0.25) is 0 Å². The number of anilines is 1. The Kier molecular flexibility index (Phi) is 6.42. The Labute approximate surface area is 137 Å². The van der Waals surface area contributed by atoms with Gasteiger partial charge in [-0.15, -0.1) is 10.2 Å². The lowest BCUT2D eigenvalue weighted by atomic mass is 10.3. The van der Waals surface area contributed by atoms with E-state index in [4.69, 9.17) is 11.6 Å². The van der Waals surface area contributed by atoms with Crippen LogP contribution in [0.25, 0.3) is 0 Å². The molecule has 0 fully saturated rings. The number of hydrogen-bond donors (Lipinski definition) is 1. The zero-order chi connectivity index (χ0) is 15.8. The standard InChI is InChI=1S/C14H15ClN4O2S/c1-21-14(20)11-2-3-13(19-18-11)17-6-7-22-9-10-4-5-16-12(15)8-10/h2-5,8H,6-7,9H2,1H3,(H,17,19). The highest BCUT2D eigenvalue weighted by atomic mass is 35.5. The van der Waals surface area contributed by atoms with Crippen LogP contribution in [0.3, 0.4) is 0 Å². The number of hydrogen-bond acceptors (Lipinski definition) is 7. The highest BCUT2D eigenvalue weighted by Gasteiger charge is 2.07. The van der Waals surface area contributed by atoms with Gasteiger partial charge in [0.15, 0.2) is 5.69 Å². The van der Waals surface area contributed by atoms with E-state index < -0.39 is 5.97 Å². The van der Waals surface area contributed by atoms with E-state index in [0.29, 0.717) is 11.0 Å². The number of aromatic nitrogens is 3.